The molecule has 1 amide bonds. The molecule has 5 nitrogen and oxygen atoms in total. The minimum absolute atomic E-state index is 0.100. The molecule has 28 heavy (non-hydrogen) atoms. The van der Waals surface area contributed by atoms with Gasteiger partial charge in [-0.25, -0.2) is 4.68 Å². The Morgan fingerprint density at radius 1 is 1.07 bits per heavy atom. The van der Waals surface area contributed by atoms with Crippen molar-refractivity contribution in [3.05, 3.63) is 76.9 Å². The summed E-state index contributed by atoms with van der Waals surface area (Å²) >= 11 is 0. The fourth-order valence-corrected chi connectivity index (χ4v) is 3.34. The van der Waals surface area contributed by atoms with Crippen molar-refractivity contribution in [2.24, 2.45) is 0 Å². The van der Waals surface area contributed by atoms with Gasteiger partial charge in [0.25, 0.3) is 5.91 Å². The van der Waals surface area contributed by atoms with Crippen LogP contribution in [-0.2, 0) is 6.54 Å². The van der Waals surface area contributed by atoms with Crippen LogP contribution in [0.3, 0.4) is 0 Å². The zero-order valence-electron chi connectivity index (χ0n) is 17.2. The van der Waals surface area contributed by atoms with Crippen LogP contribution < -0.4 is 5.32 Å². The SMILES string of the molecule is Cc1cccc(-n2nc(C(C)C)c(C(=O)NCc3ccccn3)c2C(C)C)c1. The number of hydrogen-bond donors (Lipinski definition) is 1. The number of amides is 1. The van der Waals surface area contributed by atoms with Crippen LogP contribution in [0.4, 0.5) is 0 Å². The number of benzene rings is 1. The Hall–Kier alpha value is -2.95. The molecular weight excluding hydrogens is 348 g/mol. The Balaban J connectivity index is 2.04. The molecule has 0 saturated heterocycles. The lowest BCUT2D eigenvalue weighted by molar-refractivity contribution is 0.0947. The predicted octanol–water partition coefficient (Wildman–Crippen LogP) is 4.75. The van der Waals surface area contributed by atoms with Crippen LogP contribution in [0, 0.1) is 6.92 Å². The Morgan fingerprint density at radius 3 is 2.46 bits per heavy atom. The van der Waals surface area contributed by atoms with Crippen molar-refractivity contribution in [1.29, 1.82) is 0 Å². The van der Waals surface area contributed by atoms with Crippen molar-refractivity contribution >= 4 is 5.91 Å². The predicted molar refractivity (Wildman–Crippen MR) is 112 cm³/mol. The van der Waals surface area contributed by atoms with Crippen LogP contribution in [0.15, 0.2) is 48.7 Å². The molecule has 0 aliphatic carbocycles. The van der Waals surface area contributed by atoms with Crippen molar-refractivity contribution in [3.63, 3.8) is 0 Å². The van der Waals surface area contributed by atoms with Crippen LogP contribution in [0.1, 0.15) is 72.5 Å². The maximum absolute atomic E-state index is 13.2. The molecule has 0 bridgehead atoms. The van der Waals surface area contributed by atoms with E-state index in [-0.39, 0.29) is 17.7 Å². The first-order valence-electron chi connectivity index (χ1n) is 9.76. The molecule has 3 rings (SSSR count). The van der Waals surface area contributed by atoms with Gasteiger partial charge in [0.2, 0.25) is 0 Å². The highest BCUT2D eigenvalue weighted by molar-refractivity contribution is 5.97. The minimum Gasteiger partial charge on any atom is -0.346 e. The largest absolute Gasteiger partial charge is 0.346 e. The summed E-state index contributed by atoms with van der Waals surface area (Å²) in [5.41, 5.74) is 5.42. The van der Waals surface area contributed by atoms with Gasteiger partial charge in [0, 0.05) is 6.20 Å². The Labute approximate surface area is 166 Å². The molecular formula is C23H28N4O. The van der Waals surface area contributed by atoms with Gasteiger partial charge in [-0.1, -0.05) is 45.9 Å². The van der Waals surface area contributed by atoms with Crippen molar-refractivity contribution in [2.45, 2.75) is 53.0 Å². The third-order valence-corrected chi connectivity index (χ3v) is 4.67. The van der Waals surface area contributed by atoms with Gasteiger partial charge in [0.15, 0.2) is 0 Å². The number of hydrogen-bond acceptors (Lipinski definition) is 3. The first kappa shape index (κ1) is 19.8. The fourth-order valence-electron chi connectivity index (χ4n) is 3.34. The highest BCUT2D eigenvalue weighted by Crippen LogP contribution is 2.30. The van der Waals surface area contributed by atoms with Crippen LogP contribution in [0.2, 0.25) is 0 Å². The zero-order valence-corrected chi connectivity index (χ0v) is 17.2. The van der Waals surface area contributed by atoms with E-state index in [9.17, 15) is 4.79 Å². The molecule has 3 aromatic rings. The van der Waals surface area contributed by atoms with Crippen LogP contribution in [0.5, 0.6) is 0 Å². The van der Waals surface area contributed by atoms with Gasteiger partial charge in [-0.05, 0) is 48.6 Å². The first-order chi connectivity index (χ1) is 13.4. The number of carbonyl (C=O) groups excluding carboxylic acids is 1. The summed E-state index contributed by atoms with van der Waals surface area (Å²) in [5.74, 6) is 0.187. The van der Waals surface area contributed by atoms with Crippen LogP contribution in [-0.4, -0.2) is 20.7 Å². The van der Waals surface area contributed by atoms with Crippen molar-refractivity contribution in [1.82, 2.24) is 20.1 Å². The van der Waals surface area contributed by atoms with Gasteiger partial charge in [-0.3, -0.25) is 9.78 Å². The number of carbonyl (C=O) groups is 1. The van der Waals surface area contributed by atoms with E-state index >= 15 is 0 Å². The average molecular weight is 377 g/mol. The number of aryl methyl sites for hydroxylation is 1. The molecule has 0 aliphatic rings. The second-order valence-corrected chi connectivity index (χ2v) is 7.71. The minimum atomic E-state index is -0.100. The van der Waals surface area contributed by atoms with E-state index in [1.807, 2.05) is 35.0 Å². The van der Waals surface area contributed by atoms with Crippen molar-refractivity contribution < 1.29 is 4.79 Å². The van der Waals surface area contributed by atoms with Gasteiger partial charge < -0.3 is 5.32 Å². The monoisotopic (exact) mass is 376 g/mol. The van der Waals surface area contributed by atoms with Gasteiger partial charge in [-0.2, -0.15) is 5.10 Å². The van der Waals surface area contributed by atoms with Crippen molar-refractivity contribution in [3.8, 4) is 5.69 Å². The quantitative estimate of drug-likeness (QED) is 0.675. The molecule has 2 heterocycles. The molecule has 0 aliphatic heterocycles. The summed E-state index contributed by atoms with van der Waals surface area (Å²) in [5, 5.41) is 7.89. The second kappa shape index (κ2) is 8.38. The molecule has 5 heteroatoms. The lowest BCUT2D eigenvalue weighted by atomic mass is 9.98. The zero-order chi connectivity index (χ0) is 20.3. The summed E-state index contributed by atoms with van der Waals surface area (Å²) in [4.78, 5) is 17.5. The smallest absolute Gasteiger partial charge is 0.255 e. The molecule has 0 saturated carbocycles. The summed E-state index contributed by atoms with van der Waals surface area (Å²) in [6, 6.07) is 13.9. The van der Waals surface area contributed by atoms with E-state index in [2.05, 4.69) is 57.1 Å². The Morgan fingerprint density at radius 2 is 1.86 bits per heavy atom. The maximum atomic E-state index is 13.2. The third-order valence-electron chi connectivity index (χ3n) is 4.67. The normalized spacial score (nSPS) is 11.2. The van der Waals surface area contributed by atoms with Crippen LogP contribution >= 0.6 is 0 Å². The molecule has 0 atom stereocenters. The fraction of sp³-hybridized carbons (Fsp3) is 0.348. The van der Waals surface area contributed by atoms with Gasteiger partial charge in [0.05, 0.1) is 34.9 Å². The van der Waals surface area contributed by atoms with Gasteiger partial charge in [0.1, 0.15) is 0 Å². The molecule has 0 fully saturated rings. The number of rotatable bonds is 6. The van der Waals surface area contributed by atoms with Crippen molar-refractivity contribution in [2.75, 3.05) is 0 Å². The van der Waals surface area contributed by atoms with E-state index in [4.69, 9.17) is 5.10 Å². The van der Waals surface area contributed by atoms with E-state index in [1.54, 1.807) is 6.20 Å². The van der Waals surface area contributed by atoms with E-state index in [1.165, 1.54) is 0 Å². The Kier molecular flexibility index (Phi) is 5.93. The van der Waals surface area contributed by atoms with E-state index in [0.717, 1.165) is 28.3 Å². The topological polar surface area (TPSA) is 59.8 Å². The molecule has 146 valence electrons. The molecule has 1 aromatic carbocycles. The number of pyridine rings is 1. The molecule has 0 radical (unpaired) electrons. The van der Waals surface area contributed by atoms with E-state index in [0.29, 0.717) is 12.1 Å². The maximum Gasteiger partial charge on any atom is 0.255 e. The Bertz CT molecular complexity index is 958. The van der Waals surface area contributed by atoms with Gasteiger partial charge in [-0.15, -0.1) is 0 Å². The standard InChI is InChI=1S/C23H28N4O/c1-15(2)21-20(23(28)25-14-18-10-6-7-12-24-18)22(16(3)4)27(26-21)19-11-8-9-17(5)13-19/h6-13,15-16H,14H2,1-5H3,(H,25,28). The number of aromatic nitrogens is 3. The number of nitrogens with zero attached hydrogens (tertiary/aromatic N) is 3. The summed E-state index contributed by atoms with van der Waals surface area (Å²) < 4.78 is 1.93. The number of nitrogens with one attached hydrogen (secondary N) is 1. The second-order valence-electron chi connectivity index (χ2n) is 7.71. The first-order valence-corrected chi connectivity index (χ1v) is 9.76. The highest BCUT2D eigenvalue weighted by atomic mass is 16.1. The highest BCUT2D eigenvalue weighted by Gasteiger charge is 2.27. The lowest BCUT2D eigenvalue weighted by Gasteiger charge is -2.14. The lowest BCUT2D eigenvalue weighted by Crippen LogP contribution is -2.25. The molecule has 1 N–H and O–H groups in total. The third kappa shape index (κ3) is 4.14. The molecule has 0 spiro atoms. The van der Waals surface area contributed by atoms with E-state index < -0.39 is 0 Å². The van der Waals surface area contributed by atoms with Crippen LogP contribution in [0.25, 0.3) is 5.69 Å². The van der Waals surface area contributed by atoms with Gasteiger partial charge >= 0.3 is 0 Å². The average Bonchev–Trinajstić information content (AvgIpc) is 3.08. The molecule has 2 aromatic heterocycles. The summed E-state index contributed by atoms with van der Waals surface area (Å²) in [7, 11) is 0. The molecule has 0 unspecified atom stereocenters. The summed E-state index contributed by atoms with van der Waals surface area (Å²) in [6.45, 7) is 10.8. The summed E-state index contributed by atoms with van der Waals surface area (Å²) in [6.07, 6.45) is 1.73.